The zero-order valence-corrected chi connectivity index (χ0v) is 23.4. The minimum absolute atomic E-state index is 0.0171. The second-order valence-corrected chi connectivity index (χ2v) is 11.3. The number of carbonyl (C=O) groups excluding carboxylic acids is 1. The molecule has 16 heteroatoms. The molecule has 16 nitrogen and oxygen atoms in total. The van der Waals surface area contributed by atoms with Gasteiger partial charge in [0.05, 0.1) is 37.0 Å². The van der Waals surface area contributed by atoms with E-state index in [9.17, 15) is 30.3 Å². The van der Waals surface area contributed by atoms with Crippen molar-refractivity contribution in [2.45, 2.75) is 111 Å². The van der Waals surface area contributed by atoms with E-state index in [1.54, 1.807) is 0 Å². The summed E-state index contributed by atoms with van der Waals surface area (Å²) in [6.45, 7) is 0.903. The van der Waals surface area contributed by atoms with Crippen molar-refractivity contribution in [1.29, 1.82) is 0 Å². The fraction of sp³-hybridized carbons (Fsp3) is 0.960. The van der Waals surface area contributed by atoms with Crippen LogP contribution in [-0.4, -0.2) is 144 Å². The number of amides is 1. The molecule has 0 aromatic carbocycles. The third-order valence-corrected chi connectivity index (χ3v) is 8.42. The zero-order valence-electron chi connectivity index (χ0n) is 23.4. The molecule has 1 amide bonds. The van der Waals surface area contributed by atoms with Crippen molar-refractivity contribution in [2.75, 3.05) is 32.8 Å². The predicted molar refractivity (Wildman–Crippen MR) is 147 cm³/mol. The number of carbonyl (C=O) groups is 1. The monoisotopic (exact) mass is 593 g/mol. The Balaban J connectivity index is 1.90. The summed E-state index contributed by atoms with van der Waals surface area (Å²) in [5.74, 6) is -1.42. The lowest BCUT2D eigenvalue weighted by Crippen LogP contribution is -2.69. The number of aliphatic hydroxyl groups excluding tert-OH is 5. The van der Waals surface area contributed by atoms with Crippen molar-refractivity contribution in [3.05, 3.63) is 0 Å². The molecule has 41 heavy (non-hydrogen) atoms. The molecule has 2 heterocycles. The van der Waals surface area contributed by atoms with E-state index in [-0.39, 0.29) is 38.1 Å². The highest BCUT2D eigenvalue weighted by atomic mass is 16.7. The lowest BCUT2D eigenvalue weighted by Gasteiger charge is -2.51. The van der Waals surface area contributed by atoms with Crippen LogP contribution in [0.25, 0.3) is 0 Å². The van der Waals surface area contributed by atoms with Gasteiger partial charge in [0.25, 0.3) is 0 Å². The fourth-order valence-corrected chi connectivity index (χ4v) is 6.06. The maximum Gasteiger partial charge on any atom is 0.249 e. The molecule has 0 radical (unpaired) electrons. The Morgan fingerprint density at radius 3 is 2.37 bits per heavy atom. The largest absolute Gasteiger partial charge is 0.394 e. The van der Waals surface area contributed by atoms with Gasteiger partial charge in [0.15, 0.2) is 6.29 Å². The standard InChI is InChI=1S/C25H51N7O9/c26-5-1-7-31-13-3-2-11(9-28)39-22(13)17-12(29)8-14(32-24(38)15(34)4-6-27)23(20(17)36)41-25-21(37)18(30)19(35)16(10-33)40-25/h11-23,25,31,33-37H,1-10,26-30H2,(H,32,38). The average Bonchev–Trinajstić information content (AvgIpc) is 2.95. The summed E-state index contributed by atoms with van der Waals surface area (Å²) in [4.78, 5) is 12.8. The van der Waals surface area contributed by atoms with Crippen LogP contribution in [-0.2, 0) is 19.0 Å². The van der Waals surface area contributed by atoms with Crippen molar-refractivity contribution < 1.29 is 44.5 Å². The molecular weight excluding hydrogens is 542 g/mol. The van der Waals surface area contributed by atoms with Crippen molar-refractivity contribution in [1.82, 2.24) is 10.6 Å². The molecule has 14 unspecified atom stereocenters. The van der Waals surface area contributed by atoms with E-state index in [1.807, 2.05) is 0 Å². The topological polar surface area (TPSA) is 300 Å². The van der Waals surface area contributed by atoms with Crippen molar-refractivity contribution in [3.8, 4) is 0 Å². The Hall–Kier alpha value is -1.09. The van der Waals surface area contributed by atoms with Crippen LogP contribution in [0.15, 0.2) is 0 Å². The first-order valence-electron chi connectivity index (χ1n) is 14.5. The van der Waals surface area contributed by atoms with Crippen LogP contribution in [0.1, 0.15) is 32.1 Å². The van der Waals surface area contributed by atoms with Gasteiger partial charge in [0, 0.05) is 24.5 Å². The van der Waals surface area contributed by atoms with Gasteiger partial charge in [0.2, 0.25) is 5.91 Å². The minimum atomic E-state index is -1.52. The molecule has 2 saturated heterocycles. The molecule has 0 aromatic heterocycles. The smallest absolute Gasteiger partial charge is 0.249 e. The summed E-state index contributed by atoms with van der Waals surface area (Å²) in [7, 11) is 0. The molecule has 240 valence electrons. The van der Waals surface area contributed by atoms with Crippen LogP contribution >= 0.6 is 0 Å². The van der Waals surface area contributed by atoms with Crippen LogP contribution < -0.4 is 39.3 Å². The SMILES string of the molecule is NCCCNC1CCC(CN)OC1C1C(N)CC(NC(=O)C(O)CCN)C(OC2OC(CO)C(O)C(N)C2O)C1O. The van der Waals surface area contributed by atoms with E-state index in [1.165, 1.54) is 0 Å². The number of rotatable bonds is 13. The molecule has 1 aliphatic carbocycles. The molecule has 0 spiro atoms. The third-order valence-electron chi connectivity index (χ3n) is 8.42. The van der Waals surface area contributed by atoms with Crippen molar-refractivity contribution in [3.63, 3.8) is 0 Å². The van der Waals surface area contributed by atoms with Crippen LogP contribution in [0.4, 0.5) is 0 Å². The lowest BCUT2D eigenvalue weighted by atomic mass is 9.72. The molecule has 3 aliphatic rings. The second kappa shape index (κ2) is 16.1. The number of aliphatic hydroxyl groups is 5. The first kappa shape index (κ1) is 34.4. The number of hydrogen-bond acceptors (Lipinski definition) is 15. The third kappa shape index (κ3) is 8.30. The quantitative estimate of drug-likeness (QED) is 0.0884. The minimum Gasteiger partial charge on any atom is -0.394 e. The number of hydrogen-bond donors (Lipinski definition) is 12. The molecule has 0 bridgehead atoms. The van der Waals surface area contributed by atoms with Gasteiger partial charge in [-0.15, -0.1) is 0 Å². The summed E-state index contributed by atoms with van der Waals surface area (Å²) in [6.07, 6.45) is -7.95. The van der Waals surface area contributed by atoms with Crippen LogP contribution in [0, 0.1) is 5.92 Å². The average molecular weight is 594 g/mol. The zero-order chi connectivity index (χ0) is 30.3. The Bertz CT molecular complexity index is 801. The van der Waals surface area contributed by atoms with Crippen LogP contribution in [0.5, 0.6) is 0 Å². The highest BCUT2D eigenvalue weighted by Gasteiger charge is 2.53. The van der Waals surface area contributed by atoms with Gasteiger partial charge < -0.3 is 79.0 Å². The highest BCUT2D eigenvalue weighted by molar-refractivity contribution is 5.80. The van der Waals surface area contributed by atoms with E-state index in [0.717, 1.165) is 12.8 Å². The Morgan fingerprint density at radius 1 is 1.00 bits per heavy atom. The van der Waals surface area contributed by atoms with E-state index in [0.29, 0.717) is 19.5 Å². The molecule has 14 atom stereocenters. The van der Waals surface area contributed by atoms with Gasteiger partial charge >= 0.3 is 0 Å². The normalized spacial score (nSPS) is 42.5. The number of nitrogens with one attached hydrogen (secondary N) is 2. The summed E-state index contributed by atoms with van der Waals surface area (Å²) in [6, 6.07) is -2.98. The van der Waals surface area contributed by atoms with Gasteiger partial charge in [-0.2, -0.15) is 0 Å². The first-order chi connectivity index (χ1) is 19.6. The summed E-state index contributed by atoms with van der Waals surface area (Å²) >= 11 is 0. The number of ether oxygens (including phenoxy) is 3. The van der Waals surface area contributed by atoms with Crippen LogP contribution in [0.2, 0.25) is 0 Å². The van der Waals surface area contributed by atoms with Gasteiger partial charge in [0.1, 0.15) is 30.5 Å². The molecule has 0 aromatic rings. The predicted octanol–water partition coefficient (Wildman–Crippen LogP) is -6.15. The number of nitrogens with two attached hydrogens (primary N) is 5. The van der Waals surface area contributed by atoms with Gasteiger partial charge in [-0.05, 0) is 51.7 Å². The lowest BCUT2D eigenvalue weighted by molar-refractivity contribution is -0.306. The molecule has 3 rings (SSSR count). The molecular formula is C25H51N7O9. The maximum absolute atomic E-state index is 12.8. The van der Waals surface area contributed by atoms with E-state index in [4.69, 9.17) is 42.9 Å². The second-order valence-electron chi connectivity index (χ2n) is 11.3. The van der Waals surface area contributed by atoms with Crippen LogP contribution in [0.3, 0.4) is 0 Å². The fourth-order valence-electron chi connectivity index (χ4n) is 6.06. The van der Waals surface area contributed by atoms with Gasteiger partial charge in [-0.3, -0.25) is 4.79 Å². The highest BCUT2D eigenvalue weighted by Crippen LogP contribution is 2.37. The van der Waals surface area contributed by atoms with E-state index < -0.39 is 85.6 Å². The molecule has 1 saturated carbocycles. The Labute approximate surface area is 240 Å². The molecule has 17 N–H and O–H groups in total. The molecule has 3 fully saturated rings. The Morgan fingerprint density at radius 2 is 1.73 bits per heavy atom. The Kier molecular flexibility index (Phi) is 13.5. The van der Waals surface area contributed by atoms with E-state index >= 15 is 0 Å². The van der Waals surface area contributed by atoms with E-state index in [2.05, 4.69) is 10.6 Å². The van der Waals surface area contributed by atoms with Gasteiger partial charge in [-0.25, -0.2) is 0 Å². The summed E-state index contributed by atoms with van der Waals surface area (Å²) in [5.41, 5.74) is 29.7. The summed E-state index contributed by atoms with van der Waals surface area (Å²) < 4.78 is 18.1. The van der Waals surface area contributed by atoms with Gasteiger partial charge in [-0.1, -0.05) is 0 Å². The maximum atomic E-state index is 12.8. The summed E-state index contributed by atoms with van der Waals surface area (Å²) in [5, 5.41) is 58.8. The van der Waals surface area contributed by atoms with Crippen molar-refractivity contribution >= 4 is 5.91 Å². The first-order valence-corrected chi connectivity index (χ1v) is 14.5. The molecule has 2 aliphatic heterocycles. The van der Waals surface area contributed by atoms with Crippen molar-refractivity contribution in [2.24, 2.45) is 34.6 Å².